The number of ether oxygens (including phenoxy) is 1. The van der Waals surface area contributed by atoms with E-state index in [2.05, 4.69) is 36.4 Å². The van der Waals surface area contributed by atoms with Crippen molar-refractivity contribution in [1.29, 1.82) is 0 Å². The Bertz CT molecular complexity index is 995. The number of carbonyl (C=O) groups is 1. The molecule has 4 rings (SSSR count). The monoisotopic (exact) mass is 399 g/mol. The molecule has 156 valence electrons. The molecule has 0 saturated heterocycles. The van der Waals surface area contributed by atoms with Gasteiger partial charge in [-0.2, -0.15) is 0 Å². The Morgan fingerprint density at radius 2 is 2.10 bits per heavy atom. The lowest BCUT2D eigenvalue weighted by Gasteiger charge is -2.21. The Hall–Kier alpha value is -2.68. The fourth-order valence-corrected chi connectivity index (χ4v) is 4.25. The molecule has 3 aromatic rings. The van der Waals surface area contributed by atoms with E-state index >= 15 is 0 Å². The molecule has 0 aliphatic heterocycles. The SMILES string of the molecule is CC[C@@H]1C[C@H](OC(=O)N(C)CCN(C)C)C[C@@H]1c1nnc2cnc3[nH]ccc3n12. The predicted octanol–water partition coefficient (Wildman–Crippen LogP) is 2.51. The van der Waals surface area contributed by atoms with Gasteiger partial charge in [-0.25, -0.2) is 9.78 Å². The number of hydrogen-bond donors (Lipinski definition) is 1. The van der Waals surface area contributed by atoms with Crippen molar-refractivity contribution in [3.8, 4) is 0 Å². The maximum Gasteiger partial charge on any atom is 0.409 e. The van der Waals surface area contributed by atoms with Gasteiger partial charge in [0.25, 0.3) is 0 Å². The van der Waals surface area contributed by atoms with Gasteiger partial charge in [0, 0.05) is 32.3 Å². The van der Waals surface area contributed by atoms with Gasteiger partial charge in [0.1, 0.15) is 11.9 Å². The smallest absolute Gasteiger partial charge is 0.409 e. The van der Waals surface area contributed by atoms with Gasteiger partial charge < -0.3 is 19.5 Å². The summed E-state index contributed by atoms with van der Waals surface area (Å²) in [5.74, 6) is 1.52. The summed E-state index contributed by atoms with van der Waals surface area (Å²) in [5.41, 5.74) is 2.53. The van der Waals surface area contributed by atoms with Gasteiger partial charge in [0.05, 0.1) is 11.7 Å². The second-order valence-corrected chi connectivity index (χ2v) is 8.20. The summed E-state index contributed by atoms with van der Waals surface area (Å²) >= 11 is 0. The highest BCUT2D eigenvalue weighted by Crippen LogP contribution is 2.42. The van der Waals surface area contributed by atoms with Crippen molar-refractivity contribution in [2.45, 2.75) is 38.2 Å². The quantitative estimate of drug-likeness (QED) is 0.685. The van der Waals surface area contributed by atoms with E-state index in [-0.39, 0.29) is 18.1 Å². The van der Waals surface area contributed by atoms with E-state index in [4.69, 9.17) is 4.74 Å². The summed E-state index contributed by atoms with van der Waals surface area (Å²) in [4.78, 5) is 23.7. The highest BCUT2D eigenvalue weighted by molar-refractivity contribution is 5.74. The summed E-state index contributed by atoms with van der Waals surface area (Å²) in [6.45, 7) is 3.64. The van der Waals surface area contributed by atoms with Gasteiger partial charge in [-0.1, -0.05) is 13.3 Å². The van der Waals surface area contributed by atoms with Crippen molar-refractivity contribution >= 4 is 22.9 Å². The summed E-state index contributed by atoms with van der Waals surface area (Å²) in [5, 5.41) is 8.84. The number of rotatable bonds is 6. The van der Waals surface area contributed by atoms with Crippen LogP contribution >= 0.6 is 0 Å². The van der Waals surface area contributed by atoms with Crippen LogP contribution in [0.25, 0.3) is 16.8 Å². The van der Waals surface area contributed by atoms with Crippen LogP contribution in [0.3, 0.4) is 0 Å². The average molecular weight is 399 g/mol. The van der Waals surface area contributed by atoms with Gasteiger partial charge in [-0.15, -0.1) is 10.2 Å². The molecule has 29 heavy (non-hydrogen) atoms. The highest BCUT2D eigenvalue weighted by Gasteiger charge is 2.39. The molecular formula is C20H29N7O2. The van der Waals surface area contributed by atoms with Crippen molar-refractivity contribution in [2.75, 3.05) is 34.2 Å². The van der Waals surface area contributed by atoms with E-state index in [0.29, 0.717) is 12.5 Å². The van der Waals surface area contributed by atoms with E-state index in [1.165, 1.54) is 0 Å². The molecular weight excluding hydrogens is 370 g/mol. The van der Waals surface area contributed by atoms with Gasteiger partial charge in [-0.05, 0) is 38.9 Å². The van der Waals surface area contributed by atoms with Crippen LogP contribution in [0, 0.1) is 5.92 Å². The maximum atomic E-state index is 12.5. The largest absolute Gasteiger partial charge is 0.446 e. The van der Waals surface area contributed by atoms with Gasteiger partial charge in [0.2, 0.25) is 0 Å². The first-order chi connectivity index (χ1) is 14.0. The molecule has 9 heteroatoms. The van der Waals surface area contributed by atoms with E-state index in [0.717, 1.165) is 48.4 Å². The number of hydrogen-bond acceptors (Lipinski definition) is 6. The Morgan fingerprint density at radius 1 is 1.28 bits per heavy atom. The summed E-state index contributed by atoms with van der Waals surface area (Å²) in [6, 6.07) is 2.00. The first-order valence-electron chi connectivity index (χ1n) is 10.2. The molecule has 1 saturated carbocycles. The normalized spacial score (nSPS) is 22.0. The van der Waals surface area contributed by atoms with Crippen molar-refractivity contribution < 1.29 is 9.53 Å². The topological polar surface area (TPSA) is 91.7 Å². The minimum absolute atomic E-state index is 0.102. The number of aromatic amines is 1. The number of H-pyrrole nitrogens is 1. The van der Waals surface area contributed by atoms with Crippen LogP contribution in [0.2, 0.25) is 0 Å². The average Bonchev–Trinajstić information content (AvgIpc) is 3.41. The molecule has 0 unspecified atom stereocenters. The second kappa shape index (κ2) is 7.98. The van der Waals surface area contributed by atoms with Crippen molar-refractivity contribution in [2.24, 2.45) is 5.92 Å². The molecule has 0 aromatic carbocycles. The summed E-state index contributed by atoms with van der Waals surface area (Å²) in [6.07, 6.45) is 5.88. The zero-order valence-corrected chi connectivity index (χ0v) is 17.5. The first-order valence-corrected chi connectivity index (χ1v) is 10.2. The lowest BCUT2D eigenvalue weighted by Crippen LogP contribution is -2.35. The highest BCUT2D eigenvalue weighted by atomic mass is 16.6. The Balaban J connectivity index is 1.53. The Kier molecular flexibility index (Phi) is 5.40. The van der Waals surface area contributed by atoms with Crippen LogP contribution in [-0.2, 0) is 4.74 Å². The molecule has 3 heterocycles. The fraction of sp³-hybridized carbons (Fsp3) is 0.600. The Labute approximate surface area is 170 Å². The van der Waals surface area contributed by atoms with Crippen LogP contribution in [-0.4, -0.2) is 80.8 Å². The number of nitrogens with zero attached hydrogens (tertiary/aromatic N) is 6. The molecule has 3 atom stereocenters. The molecule has 1 fully saturated rings. The first kappa shape index (κ1) is 19.6. The third-order valence-corrected chi connectivity index (χ3v) is 5.94. The predicted molar refractivity (Wildman–Crippen MR) is 110 cm³/mol. The fourth-order valence-electron chi connectivity index (χ4n) is 4.25. The minimum atomic E-state index is -0.254. The molecule has 1 amide bonds. The summed E-state index contributed by atoms with van der Waals surface area (Å²) in [7, 11) is 5.77. The number of nitrogens with one attached hydrogen (secondary N) is 1. The number of likely N-dealkylation sites (N-methyl/N-ethyl adjacent to an activating group) is 2. The molecule has 1 N–H and O–H groups in total. The number of aromatic nitrogens is 5. The lowest BCUT2D eigenvalue weighted by atomic mass is 9.93. The molecule has 0 bridgehead atoms. The second-order valence-electron chi connectivity index (χ2n) is 8.20. The van der Waals surface area contributed by atoms with Crippen molar-refractivity contribution in [3.05, 3.63) is 24.3 Å². The van der Waals surface area contributed by atoms with E-state index in [1.54, 1.807) is 18.1 Å². The van der Waals surface area contributed by atoms with Crippen LogP contribution < -0.4 is 0 Å². The van der Waals surface area contributed by atoms with Gasteiger partial charge in [0.15, 0.2) is 11.3 Å². The minimum Gasteiger partial charge on any atom is -0.446 e. The zero-order chi connectivity index (χ0) is 20.5. The molecule has 0 radical (unpaired) electrons. The van der Waals surface area contributed by atoms with Gasteiger partial charge >= 0.3 is 6.09 Å². The third kappa shape index (κ3) is 3.78. The molecule has 1 aliphatic rings. The van der Waals surface area contributed by atoms with Crippen molar-refractivity contribution in [3.63, 3.8) is 0 Å². The number of amides is 1. The van der Waals surface area contributed by atoms with Crippen molar-refractivity contribution in [1.82, 2.24) is 34.4 Å². The van der Waals surface area contributed by atoms with Crippen LogP contribution in [0.15, 0.2) is 18.5 Å². The third-order valence-electron chi connectivity index (χ3n) is 5.94. The molecule has 3 aromatic heterocycles. The molecule has 0 spiro atoms. The number of carbonyl (C=O) groups excluding carboxylic acids is 1. The van der Waals surface area contributed by atoms with Crippen LogP contribution in [0.1, 0.15) is 37.9 Å². The van der Waals surface area contributed by atoms with E-state index < -0.39 is 0 Å². The van der Waals surface area contributed by atoms with E-state index in [9.17, 15) is 4.79 Å². The standard InChI is InChI=1S/C20H29N7O2/c1-5-13-10-14(29-20(28)26(4)9-8-25(2)3)11-15(13)19-24-23-17-12-22-18-16(27(17)19)6-7-21-18/h6-7,12-15,21H,5,8-11H2,1-4H3/t13-,14+,15+/m1/s1. The van der Waals surface area contributed by atoms with Crippen LogP contribution in [0.4, 0.5) is 4.79 Å². The van der Waals surface area contributed by atoms with Gasteiger partial charge in [-0.3, -0.25) is 4.40 Å². The maximum absolute atomic E-state index is 12.5. The zero-order valence-electron chi connectivity index (χ0n) is 17.5. The number of fused-ring (bicyclic) bond motifs is 3. The van der Waals surface area contributed by atoms with Crippen LogP contribution in [0.5, 0.6) is 0 Å². The molecule has 9 nitrogen and oxygen atoms in total. The van der Waals surface area contributed by atoms with E-state index in [1.807, 2.05) is 26.4 Å². The molecule has 1 aliphatic carbocycles. The Morgan fingerprint density at radius 3 is 2.86 bits per heavy atom. The summed E-state index contributed by atoms with van der Waals surface area (Å²) < 4.78 is 7.93. The lowest BCUT2D eigenvalue weighted by molar-refractivity contribution is 0.0683.